The molecule has 0 saturated carbocycles. The molecule has 34 heavy (non-hydrogen) atoms. The average Bonchev–Trinajstić information content (AvgIpc) is 3.26. The van der Waals surface area contributed by atoms with E-state index in [4.69, 9.17) is 10.1 Å². The van der Waals surface area contributed by atoms with Crippen LogP contribution < -0.4 is 4.90 Å². The van der Waals surface area contributed by atoms with E-state index in [0.29, 0.717) is 12.1 Å². The molecule has 1 N–H and O–H groups in total. The molecule has 5 rings (SSSR count). The largest absolute Gasteiger partial charge is 0.388 e. The first kappa shape index (κ1) is 22.3. The van der Waals surface area contributed by atoms with Crippen LogP contribution in [0.25, 0.3) is 11.0 Å². The molecule has 0 spiro atoms. The number of hydrogen-bond acceptors (Lipinski definition) is 5. The van der Waals surface area contributed by atoms with Gasteiger partial charge in [-0.1, -0.05) is 36.4 Å². The van der Waals surface area contributed by atoms with Crippen LogP contribution in [0.5, 0.6) is 0 Å². The Morgan fingerprint density at radius 1 is 0.941 bits per heavy atom. The second-order valence-corrected chi connectivity index (χ2v) is 8.72. The number of carbonyl (C=O) groups excluding carboxylic acids is 1. The van der Waals surface area contributed by atoms with Crippen molar-refractivity contribution in [3.63, 3.8) is 0 Å². The van der Waals surface area contributed by atoms with E-state index in [1.165, 1.54) is 6.07 Å². The number of fused-ring (bicyclic) bond motifs is 1. The number of aromatic nitrogens is 2. The SMILES string of the molecule is O=C(CO)c1ccc(Cn2ccc3cc(N4CCN(Cc5cccc(F)c5)CC4)cnc32)cc1. The van der Waals surface area contributed by atoms with E-state index in [1.807, 2.05) is 30.6 Å². The van der Waals surface area contributed by atoms with E-state index in [0.717, 1.165) is 60.6 Å². The van der Waals surface area contributed by atoms with Crippen molar-refractivity contribution in [2.75, 3.05) is 37.7 Å². The second-order valence-electron chi connectivity index (χ2n) is 8.72. The maximum Gasteiger partial charge on any atom is 0.188 e. The number of halogens is 1. The zero-order chi connectivity index (χ0) is 23.5. The van der Waals surface area contributed by atoms with Gasteiger partial charge >= 0.3 is 0 Å². The predicted octanol–water partition coefficient (Wildman–Crippen LogP) is 3.72. The lowest BCUT2D eigenvalue weighted by Crippen LogP contribution is -2.46. The van der Waals surface area contributed by atoms with Gasteiger partial charge in [0.25, 0.3) is 0 Å². The van der Waals surface area contributed by atoms with Crippen LogP contribution in [-0.2, 0) is 13.1 Å². The summed E-state index contributed by atoms with van der Waals surface area (Å²) in [5.74, 6) is -0.460. The summed E-state index contributed by atoms with van der Waals surface area (Å²) in [4.78, 5) is 21.1. The summed E-state index contributed by atoms with van der Waals surface area (Å²) >= 11 is 0. The van der Waals surface area contributed by atoms with E-state index in [2.05, 4.69) is 26.5 Å². The number of anilines is 1. The fourth-order valence-corrected chi connectivity index (χ4v) is 4.51. The zero-order valence-corrected chi connectivity index (χ0v) is 18.9. The number of nitrogens with zero attached hydrogens (tertiary/aromatic N) is 4. The Kier molecular flexibility index (Phi) is 6.38. The van der Waals surface area contributed by atoms with Gasteiger partial charge in [-0.15, -0.1) is 0 Å². The van der Waals surface area contributed by atoms with Gasteiger partial charge in [0.1, 0.15) is 18.1 Å². The highest BCUT2D eigenvalue weighted by Gasteiger charge is 2.18. The molecule has 7 heteroatoms. The van der Waals surface area contributed by atoms with Crippen LogP contribution in [0.15, 0.2) is 73.1 Å². The molecule has 2 aromatic carbocycles. The van der Waals surface area contributed by atoms with Crippen LogP contribution >= 0.6 is 0 Å². The fourth-order valence-electron chi connectivity index (χ4n) is 4.51. The number of ketones is 1. The predicted molar refractivity (Wildman–Crippen MR) is 131 cm³/mol. The first-order valence-corrected chi connectivity index (χ1v) is 11.5. The summed E-state index contributed by atoms with van der Waals surface area (Å²) in [6, 6.07) is 18.4. The standard InChI is InChI=1S/C27H27FN4O2/c28-24-3-1-2-21(14-24)17-30-10-12-31(13-11-30)25-15-23-8-9-32(27(23)29-16-25)18-20-4-6-22(7-5-20)26(34)19-33/h1-9,14-16,33H,10-13,17-19H2. The number of aliphatic hydroxyl groups excluding tert-OH is 1. The Morgan fingerprint density at radius 3 is 2.47 bits per heavy atom. The molecule has 1 aliphatic heterocycles. The van der Waals surface area contributed by atoms with Crippen molar-refractivity contribution >= 4 is 22.5 Å². The topological polar surface area (TPSA) is 61.6 Å². The minimum absolute atomic E-state index is 0.184. The van der Waals surface area contributed by atoms with Crippen molar-refractivity contribution in [2.24, 2.45) is 0 Å². The van der Waals surface area contributed by atoms with Gasteiger partial charge in [-0.3, -0.25) is 9.69 Å². The maximum absolute atomic E-state index is 13.5. The summed E-state index contributed by atoms with van der Waals surface area (Å²) in [5.41, 5.74) is 4.62. The van der Waals surface area contributed by atoms with Crippen molar-refractivity contribution in [2.45, 2.75) is 13.1 Å². The molecule has 174 valence electrons. The Labute approximate surface area is 197 Å². The van der Waals surface area contributed by atoms with Crippen LogP contribution in [-0.4, -0.2) is 58.1 Å². The van der Waals surface area contributed by atoms with E-state index in [9.17, 15) is 9.18 Å². The number of hydrogen-bond donors (Lipinski definition) is 1. The highest BCUT2D eigenvalue weighted by molar-refractivity contribution is 5.96. The Balaban J connectivity index is 1.23. The van der Waals surface area contributed by atoms with E-state index in [-0.39, 0.29) is 11.6 Å². The number of aliphatic hydroxyl groups is 1. The third-order valence-electron chi connectivity index (χ3n) is 6.39. The molecule has 0 amide bonds. The summed E-state index contributed by atoms with van der Waals surface area (Å²) < 4.78 is 15.6. The molecular weight excluding hydrogens is 431 g/mol. The number of piperazine rings is 1. The van der Waals surface area contributed by atoms with Gasteiger partial charge in [-0.05, 0) is 35.4 Å². The van der Waals surface area contributed by atoms with Gasteiger partial charge < -0.3 is 14.6 Å². The van der Waals surface area contributed by atoms with Gasteiger partial charge in [0.05, 0.1) is 11.9 Å². The number of pyridine rings is 1. The summed E-state index contributed by atoms with van der Waals surface area (Å²) in [6.07, 6.45) is 3.97. The van der Waals surface area contributed by atoms with Crippen molar-refractivity contribution in [1.29, 1.82) is 0 Å². The monoisotopic (exact) mass is 458 g/mol. The van der Waals surface area contributed by atoms with E-state index < -0.39 is 6.61 Å². The molecule has 1 aliphatic rings. The van der Waals surface area contributed by atoms with Crippen LogP contribution in [0, 0.1) is 5.82 Å². The van der Waals surface area contributed by atoms with Crippen LogP contribution in [0.3, 0.4) is 0 Å². The molecule has 1 fully saturated rings. The number of Topliss-reactive ketones (excluding diaryl/α,β-unsaturated/α-hetero) is 1. The molecule has 3 heterocycles. The molecule has 0 unspecified atom stereocenters. The van der Waals surface area contributed by atoms with Crippen molar-refractivity contribution in [3.05, 3.63) is 95.6 Å². The normalized spacial score (nSPS) is 14.6. The van der Waals surface area contributed by atoms with Gasteiger partial charge in [-0.2, -0.15) is 0 Å². The first-order chi connectivity index (χ1) is 16.6. The van der Waals surface area contributed by atoms with Crippen molar-refractivity contribution in [3.8, 4) is 0 Å². The molecule has 0 radical (unpaired) electrons. The Morgan fingerprint density at radius 2 is 1.74 bits per heavy atom. The summed E-state index contributed by atoms with van der Waals surface area (Å²) in [7, 11) is 0. The average molecular weight is 459 g/mol. The molecule has 6 nitrogen and oxygen atoms in total. The lowest BCUT2D eigenvalue weighted by molar-refractivity contribution is 0.0903. The number of carbonyl (C=O) groups is 1. The molecule has 1 saturated heterocycles. The lowest BCUT2D eigenvalue weighted by Gasteiger charge is -2.36. The fraction of sp³-hybridized carbons (Fsp3) is 0.259. The maximum atomic E-state index is 13.5. The molecule has 4 aromatic rings. The van der Waals surface area contributed by atoms with Gasteiger partial charge in [0, 0.05) is 56.4 Å². The minimum atomic E-state index is -0.476. The Bertz CT molecular complexity index is 1290. The van der Waals surface area contributed by atoms with E-state index in [1.54, 1.807) is 24.3 Å². The third kappa shape index (κ3) is 4.85. The molecule has 0 bridgehead atoms. The number of benzene rings is 2. The lowest BCUT2D eigenvalue weighted by atomic mass is 10.1. The smallest absolute Gasteiger partial charge is 0.188 e. The van der Waals surface area contributed by atoms with Crippen molar-refractivity contribution < 1.29 is 14.3 Å². The van der Waals surface area contributed by atoms with Gasteiger partial charge in [-0.25, -0.2) is 9.37 Å². The third-order valence-corrected chi connectivity index (χ3v) is 6.39. The minimum Gasteiger partial charge on any atom is -0.388 e. The summed E-state index contributed by atoms with van der Waals surface area (Å²) in [6.45, 7) is 4.60. The molecular formula is C27H27FN4O2. The molecule has 2 aromatic heterocycles. The summed E-state index contributed by atoms with van der Waals surface area (Å²) in [5, 5.41) is 10.1. The van der Waals surface area contributed by atoms with Gasteiger partial charge in [0.15, 0.2) is 5.78 Å². The number of rotatable bonds is 7. The quantitative estimate of drug-likeness (QED) is 0.428. The first-order valence-electron chi connectivity index (χ1n) is 11.5. The van der Waals surface area contributed by atoms with Crippen molar-refractivity contribution in [1.82, 2.24) is 14.5 Å². The Hall–Kier alpha value is -3.55. The highest BCUT2D eigenvalue weighted by Crippen LogP contribution is 2.23. The second kappa shape index (κ2) is 9.75. The molecule has 0 aliphatic carbocycles. The zero-order valence-electron chi connectivity index (χ0n) is 18.9. The van der Waals surface area contributed by atoms with E-state index >= 15 is 0 Å². The molecule has 0 atom stereocenters. The van der Waals surface area contributed by atoms with Crippen LogP contribution in [0.2, 0.25) is 0 Å². The van der Waals surface area contributed by atoms with Gasteiger partial charge in [0.2, 0.25) is 0 Å². The highest BCUT2D eigenvalue weighted by atomic mass is 19.1. The van der Waals surface area contributed by atoms with Crippen LogP contribution in [0.1, 0.15) is 21.5 Å². The van der Waals surface area contributed by atoms with Crippen LogP contribution in [0.4, 0.5) is 10.1 Å².